The number of aromatic nitrogens is 2. The number of amides is 2. The molecular formula is C20H22ClN5O2. The molecule has 0 bridgehead atoms. The molecule has 7 nitrogen and oxygen atoms in total. The summed E-state index contributed by atoms with van der Waals surface area (Å²) in [6.07, 6.45) is 6.20. The van der Waals surface area contributed by atoms with Gasteiger partial charge in [-0.1, -0.05) is 17.7 Å². The predicted molar refractivity (Wildman–Crippen MR) is 104 cm³/mol. The third kappa shape index (κ3) is 2.99. The summed E-state index contributed by atoms with van der Waals surface area (Å²) in [5, 5.41) is 8.57. The van der Waals surface area contributed by atoms with Crippen LogP contribution in [0, 0.1) is 0 Å². The molecule has 5 rings (SSSR count). The topological polar surface area (TPSA) is 70.5 Å². The maximum atomic E-state index is 12.7. The number of halogens is 1. The van der Waals surface area contributed by atoms with E-state index in [0.29, 0.717) is 24.5 Å². The maximum Gasteiger partial charge on any atom is 0.246 e. The lowest BCUT2D eigenvalue weighted by Crippen LogP contribution is -2.60. The number of fused-ring (bicyclic) bond motifs is 2. The molecule has 3 saturated heterocycles. The summed E-state index contributed by atoms with van der Waals surface area (Å²) in [6, 6.07) is 7.14. The molecule has 1 aromatic heterocycles. The zero-order chi connectivity index (χ0) is 19.3. The third-order valence-electron chi connectivity index (χ3n) is 5.99. The Bertz CT molecular complexity index is 899. The molecule has 0 aliphatic carbocycles. The molecular weight excluding hydrogens is 378 g/mol. The summed E-state index contributed by atoms with van der Waals surface area (Å²) < 4.78 is 1.79. The molecule has 3 fully saturated rings. The van der Waals surface area contributed by atoms with Crippen molar-refractivity contribution in [1.29, 1.82) is 0 Å². The second-order valence-corrected chi connectivity index (χ2v) is 8.22. The van der Waals surface area contributed by atoms with Crippen LogP contribution in [0.3, 0.4) is 0 Å². The van der Waals surface area contributed by atoms with Gasteiger partial charge in [0, 0.05) is 42.5 Å². The van der Waals surface area contributed by atoms with Crippen molar-refractivity contribution in [2.75, 3.05) is 13.1 Å². The highest BCUT2D eigenvalue weighted by molar-refractivity contribution is 6.30. The Kier molecular flexibility index (Phi) is 4.36. The Balaban J connectivity index is 1.23. The van der Waals surface area contributed by atoms with E-state index in [9.17, 15) is 9.59 Å². The molecule has 3 aliphatic rings. The molecule has 0 spiro atoms. The SMILES string of the molecule is O=C1[C@@H]2C[C@H](NCc3cnn(-c4cccc(Cl)c4)c3)CN2C(=O)[C@H]2CCCN12. The summed E-state index contributed by atoms with van der Waals surface area (Å²) >= 11 is 6.05. The number of rotatable bonds is 4. The fraction of sp³-hybridized carbons (Fsp3) is 0.450. The van der Waals surface area contributed by atoms with Crippen LogP contribution in [0.4, 0.5) is 0 Å². The number of nitrogens with zero attached hydrogens (tertiary/aromatic N) is 4. The van der Waals surface area contributed by atoms with Gasteiger partial charge in [0.05, 0.1) is 11.9 Å². The highest BCUT2D eigenvalue weighted by atomic mass is 35.5. The fourth-order valence-electron chi connectivity index (χ4n) is 4.60. The lowest BCUT2D eigenvalue weighted by molar-refractivity contribution is -0.156. The Morgan fingerprint density at radius 2 is 2.04 bits per heavy atom. The van der Waals surface area contributed by atoms with Crippen LogP contribution in [0.2, 0.25) is 5.02 Å². The van der Waals surface area contributed by atoms with Crippen molar-refractivity contribution >= 4 is 23.4 Å². The zero-order valence-electron chi connectivity index (χ0n) is 15.4. The second kappa shape index (κ2) is 6.90. The highest BCUT2D eigenvalue weighted by Crippen LogP contribution is 2.32. The van der Waals surface area contributed by atoms with Gasteiger partial charge in [-0.25, -0.2) is 4.68 Å². The van der Waals surface area contributed by atoms with Gasteiger partial charge in [-0.2, -0.15) is 5.10 Å². The molecule has 0 radical (unpaired) electrons. The number of hydrogen-bond donors (Lipinski definition) is 1. The minimum atomic E-state index is -0.298. The van der Waals surface area contributed by atoms with Crippen molar-refractivity contribution in [2.24, 2.45) is 0 Å². The summed E-state index contributed by atoms with van der Waals surface area (Å²) in [4.78, 5) is 29.0. The van der Waals surface area contributed by atoms with Gasteiger partial charge >= 0.3 is 0 Å². The first-order valence-corrected chi connectivity index (χ1v) is 10.1. The second-order valence-electron chi connectivity index (χ2n) is 7.78. The average Bonchev–Trinajstić information content (AvgIpc) is 3.43. The molecule has 1 N–H and O–H groups in total. The minimum Gasteiger partial charge on any atom is -0.329 e. The Labute approximate surface area is 168 Å². The zero-order valence-corrected chi connectivity index (χ0v) is 16.2. The van der Waals surface area contributed by atoms with Gasteiger partial charge in [0.1, 0.15) is 12.1 Å². The molecule has 3 atom stereocenters. The molecule has 4 heterocycles. The van der Waals surface area contributed by atoms with Crippen LogP contribution in [0.25, 0.3) is 5.69 Å². The van der Waals surface area contributed by atoms with Gasteiger partial charge in [-0.3, -0.25) is 9.59 Å². The molecule has 2 aromatic rings. The molecule has 3 aliphatic heterocycles. The van der Waals surface area contributed by atoms with Crippen LogP contribution < -0.4 is 5.32 Å². The predicted octanol–water partition coefficient (Wildman–Crippen LogP) is 1.59. The largest absolute Gasteiger partial charge is 0.329 e. The summed E-state index contributed by atoms with van der Waals surface area (Å²) in [6.45, 7) is 1.96. The maximum absolute atomic E-state index is 12.7. The molecule has 28 heavy (non-hydrogen) atoms. The van der Waals surface area contributed by atoms with Crippen LogP contribution in [-0.2, 0) is 16.1 Å². The van der Waals surface area contributed by atoms with Crippen LogP contribution in [0.1, 0.15) is 24.8 Å². The standard InChI is InChI=1S/C20H22ClN5O2/c21-14-3-1-4-16(7-14)26-11-13(10-23-26)9-22-15-8-18-20(28)24-6-2-5-17(24)19(27)25(18)12-15/h1,3-4,7,10-11,15,17-18,22H,2,5-6,8-9,12H2/t15-,17+,18-/m0/s1. The summed E-state index contributed by atoms with van der Waals surface area (Å²) in [5.41, 5.74) is 1.96. The van der Waals surface area contributed by atoms with Crippen molar-refractivity contribution in [3.8, 4) is 5.69 Å². The van der Waals surface area contributed by atoms with Gasteiger partial charge < -0.3 is 15.1 Å². The number of piperazine rings is 1. The highest BCUT2D eigenvalue weighted by Gasteiger charge is 2.51. The first kappa shape index (κ1) is 17.7. The van der Waals surface area contributed by atoms with Crippen molar-refractivity contribution in [1.82, 2.24) is 24.9 Å². The first-order valence-electron chi connectivity index (χ1n) is 9.74. The quantitative estimate of drug-likeness (QED) is 0.847. The average molecular weight is 400 g/mol. The van der Waals surface area contributed by atoms with Crippen LogP contribution in [0.15, 0.2) is 36.7 Å². The number of hydrogen-bond acceptors (Lipinski definition) is 4. The van der Waals surface area contributed by atoms with Crippen molar-refractivity contribution in [3.63, 3.8) is 0 Å². The van der Waals surface area contributed by atoms with E-state index in [-0.39, 0.29) is 29.9 Å². The first-order chi connectivity index (χ1) is 13.6. The van der Waals surface area contributed by atoms with Crippen LogP contribution >= 0.6 is 11.6 Å². The monoisotopic (exact) mass is 399 g/mol. The van der Waals surface area contributed by atoms with E-state index >= 15 is 0 Å². The van der Waals surface area contributed by atoms with Crippen LogP contribution in [-0.4, -0.2) is 62.6 Å². The third-order valence-corrected chi connectivity index (χ3v) is 6.23. The lowest BCUT2D eigenvalue weighted by Gasteiger charge is -2.38. The Morgan fingerprint density at radius 3 is 2.89 bits per heavy atom. The van der Waals surface area contributed by atoms with E-state index < -0.39 is 0 Å². The van der Waals surface area contributed by atoms with Crippen molar-refractivity contribution in [3.05, 3.63) is 47.2 Å². The number of nitrogens with one attached hydrogen (secondary N) is 1. The van der Waals surface area contributed by atoms with E-state index in [2.05, 4.69) is 10.4 Å². The van der Waals surface area contributed by atoms with Crippen molar-refractivity contribution in [2.45, 2.75) is 43.9 Å². The van der Waals surface area contributed by atoms with Gasteiger partial charge in [0.25, 0.3) is 0 Å². The number of benzene rings is 1. The van der Waals surface area contributed by atoms with E-state index in [0.717, 1.165) is 30.6 Å². The van der Waals surface area contributed by atoms with E-state index in [4.69, 9.17) is 11.6 Å². The Morgan fingerprint density at radius 1 is 1.18 bits per heavy atom. The number of carbonyl (C=O) groups excluding carboxylic acids is 2. The molecule has 0 saturated carbocycles. The normalized spacial score (nSPS) is 26.7. The van der Waals surface area contributed by atoms with Gasteiger partial charge in [0.15, 0.2) is 0 Å². The van der Waals surface area contributed by atoms with E-state index in [1.54, 1.807) is 14.5 Å². The molecule has 1 aromatic carbocycles. The van der Waals surface area contributed by atoms with Crippen LogP contribution in [0.5, 0.6) is 0 Å². The van der Waals surface area contributed by atoms with Gasteiger partial charge in [0.2, 0.25) is 11.8 Å². The van der Waals surface area contributed by atoms with Gasteiger partial charge in [-0.15, -0.1) is 0 Å². The molecule has 146 valence electrons. The van der Waals surface area contributed by atoms with Crippen molar-refractivity contribution < 1.29 is 9.59 Å². The molecule has 2 amide bonds. The number of carbonyl (C=O) groups is 2. The minimum absolute atomic E-state index is 0.118. The lowest BCUT2D eigenvalue weighted by atomic mass is 10.1. The van der Waals surface area contributed by atoms with E-state index in [1.165, 1.54) is 0 Å². The van der Waals surface area contributed by atoms with E-state index in [1.807, 2.05) is 36.7 Å². The smallest absolute Gasteiger partial charge is 0.246 e. The summed E-state index contributed by atoms with van der Waals surface area (Å²) in [5.74, 6) is 0.250. The van der Waals surface area contributed by atoms with Gasteiger partial charge in [-0.05, 0) is 37.5 Å². The fourth-order valence-corrected chi connectivity index (χ4v) is 4.79. The molecule has 0 unspecified atom stereocenters. The molecule has 8 heteroatoms. The Hall–Kier alpha value is -2.38. The summed E-state index contributed by atoms with van der Waals surface area (Å²) in [7, 11) is 0.